The van der Waals surface area contributed by atoms with Crippen molar-refractivity contribution in [2.45, 2.75) is 6.92 Å². The lowest BCUT2D eigenvalue weighted by Crippen LogP contribution is -2.12. The van der Waals surface area contributed by atoms with Gasteiger partial charge in [-0.15, -0.1) is 0 Å². The van der Waals surface area contributed by atoms with Gasteiger partial charge >= 0.3 is 5.97 Å². The maximum atomic E-state index is 11.2. The zero-order valence-corrected chi connectivity index (χ0v) is 9.93. The van der Waals surface area contributed by atoms with Gasteiger partial charge in [-0.2, -0.15) is 0 Å². The van der Waals surface area contributed by atoms with E-state index in [4.69, 9.17) is 5.11 Å². The fourth-order valence-corrected chi connectivity index (χ4v) is 1.29. The van der Waals surface area contributed by atoms with Crippen molar-refractivity contribution in [1.29, 1.82) is 0 Å². The largest absolute Gasteiger partial charge is 0.478 e. The van der Waals surface area contributed by atoms with Gasteiger partial charge in [0, 0.05) is 18.0 Å². The quantitative estimate of drug-likeness (QED) is 0.695. The SMILES string of the molecule is C=C/C=C\C(=C/C)Nc1cc(=O)[nH]cc1C(=O)O. The molecule has 0 amide bonds. The first-order chi connectivity index (χ1) is 8.58. The number of rotatable bonds is 5. The van der Waals surface area contributed by atoms with Crippen LogP contribution in [0.3, 0.4) is 0 Å². The molecule has 1 aromatic rings. The highest BCUT2D eigenvalue weighted by atomic mass is 16.4. The van der Waals surface area contributed by atoms with Crippen LogP contribution in [-0.4, -0.2) is 16.1 Å². The second-order valence-electron chi connectivity index (χ2n) is 3.39. The van der Waals surface area contributed by atoms with Crippen molar-refractivity contribution < 1.29 is 9.90 Å². The zero-order chi connectivity index (χ0) is 13.5. The molecule has 94 valence electrons. The Kier molecular flexibility index (Phi) is 4.68. The molecule has 0 unspecified atom stereocenters. The van der Waals surface area contributed by atoms with Crippen molar-refractivity contribution in [3.05, 3.63) is 64.8 Å². The molecule has 3 N–H and O–H groups in total. The third kappa shape index (κ3) is 3.48. The summed E-state index contributed by atoms with van der Waals surface area (Å²) in [5.41, 5.74) is 0.544. The summed E-state index contributed by atoms with van der Waals surface area (Å²) in [5, 5.41) is 11.9. The summed E-state index contributed by atoms with van der Waals surface area (Å²) in [6.45, 7) is 5.34. The normalized spacial score (nSPS) is 11.5. The molecule has 0 aliphatic rings. The Labute approximate surface area is 104 Å². The number of carboxylic acid groups (broad SMARTS) is 1. The molecule has 0 radical (unpaired) electrons. The average molecular weight is 246 g/mol. The lowest BCUT2D eigenvalue weighted by Gasteiger charge is -2.09. The van der Waals surface area contributed by atoms with Crippen LogP contribution < -0.4 is 10.9 Å². The predicted molar refractivity (Wildman–Crippen MR) is 70.7 cm³/mol. The molecular weight excluding hydrogens is 232 g/mol. The van der Waals surface area contributed by atoms with Crippen molar-refractivity contribution in [3.63, 3.8) is 0 Å². The van der Waals surface area contributed by atoms with E-state index in [-0.39, 0.29) is 16.8 Å². The van der Waals surface area contributed by atoms with Gasteiger partial charge in [0.15, 0.2) is 0 Å². The number of H-pyrrole nitrogens is 1. The van der Waals surface area contributed by atoms with E-state index in [9.17, 15) is 9.59 Å². The number of aromatic carboxylic acids is 1. The molecule has 5 nitrogen and oxygen atoms in total. The number of allylic oxidation sites excluding steroid dienone is 4. The molecule has 1 rings (SSSR count). The molecule has 1 aromatic heterocycles. The molecule has 0 saturated carbocycles. The molecule has 1 heterocycles. The highest BCUT2D eigenvalue weighted by Gasteiger charge is 2.10. The Morgan fingerprint density at radius 3 is 2.83 bits per heavy atom. The maximum Gasteiger partial charge on any atom is 0.339 e. The van der Waals surface area contributed by atoms with Crippen molar-refractivity contribution in [1.82, 2.24) is 4.98 Å². The summed E-state index contributed by atoms with van der Waals surface area (Å²) in [5.74, 6) is -1.11. The van der Waals surface area contributed by atoms with Gasteiger partial charge in [-0.1, -0.05) is 24.8 Å². The Morgan fingerprint density at radius 1 is 1.56 bits per heavy atom. The number of carboxylic acids is 1. The molecule has 0 aromatic carbocycles. The summed E-state index contributed by atoms with van der Waals surface area (Å²) in [4.78, 5) is 24.5. The number of aromatic nitrogens is 1. The van der Waals surface area contributed by atoms with Crippen molar-refractivity contribution in [2.24, 2.45) is 0 Å². The lowest BCUT2D eigenvalue weighted by atomic mass is 10.2. The second kappa shape index (κ2) is 6.24. The van der Waals surface area contributed by atoms with Gasteiger partial charge in [0.05, 0.1) is 11.3 Å². The topological polar surface area (TPSA) is 82.2 Å². The molecule has 0 aliphatic carbocycles. The van der Waals surface area contributed by atoms with Crippen molar-refractivity contribution >= 4 is 11.7 Å². The Balaban J connectivity index is 3.12. The van der Waals surface area contributed by atoms with Crippen LogP contribution in [0.1, 0.15) is 17.3 Å². The van der Waals surface area contributed by atoms with Crippen LogP contribution in [0.2, 0.25) is 0 Å². The van der Waals surface area contributed by atoms with Gasteiger partial charge in [0.25, 0.3) is 0 Å². The minimum atomic E-state index is -1.11. The average Bonchev–Trinajstić information content (AvgIpc) is 2.34. The van der Waals surface area contributed by atoms with Crippen LogP contribution in [-0.2, 0) is 0 Å². The smallest absolute Gasteiger partial charge is 0.339 e. The minimum Gasteiger partial charge on any atom is -0.478 e. The molecule has 0 aliphatic heterocycles. The van der Waals surface area contributed by atoms with Gasteiger partial charge in [0.2, 0.25) is 5.56 Å². The van der Waals surface area contributed by atoms with Crippen molar-refractivity contribution in [3.8, 4) is 0 Å². The molecule has 5 heteroatoms. The van der Waals surface area contributed by atoms with Crippen LogP contribution in [0.4, 0.5) is 5.69 Å². The van der Waals surface area contributed by atoms with Crippen LogP contribution in [0, 0.1) is 0 Å². The van der Waals surface area contributed by atoms with Crippen molar-refractivity contribution in [2.75, 3.05) is 5.32 Å². The van der Waals surface area contributed by atoms with Crippen LogP contribution >= 0.6 is 0 Å². The summed E-state index contributed by atoms with van der Waals surface area (Å²) < 4.78 is 0. The number of carbonyl (C=O) groups is 1. The van der Waals surface area contributed by atoms with Crippen LogP contribution in [0.25, 0.3) is 0 Å². The van der Waals surface area contributed by atoms with Gasteiger partial charge in [0.1, 0.15) is 0 Å². The standard InChI is InChI=1S/C13H14N2O3/c1-3-5-6-9(4-2)15-11-7-12(16)14-8-10(11)13(17)18/h3-8H,1H2,2H3,(H,17,18)(H2,14,15,16)/b6-5-,9-4+. The monoisotopic (exact) mass is 246 g/mol. The van der Waals surface area contributed by atoms with E-state index in [0.717, 1.165) is 6.20 Å². The third-order valence-electron chi connectivity index (χ3n) is 2.16. The van der Waals surface area contributed by atoms with E-state index in [1.165, 1.54) is 6.07 Å². The lowest BCUT2D eigenvalue weighted by molar-refractivity contribution is 0.0697. The Hall–Kier alpha value is -2.56. The third-order valence-corrected chi connectivity index (χ3v) is 2.16. The van der Waals surface area contributed by atoms with Gasteiger partial charge in [-0.25, -0.2) is 4.79 Å². The molecule has 18 heavy (non-hydrogen) atoms. The minimum absolute atomic E-state index is 0.000882. The molecule has 0 fully saturated rings. The molecular formula is C13H14N2O3. The van der Waals surface area contributed by atoms with E-state index < -0.39 is 5.97 Å². The molecule has 0 spiro atoms. The van der Waals surface area contributed by atoms with Gasteiger partial charge < -0.3 is 15.4 Å². The fraction of sp³-hybridized carbons (Fsp3) is 0.0769. The van der Waals surface area contributed by atoms with E-state index in [1.54, 1.807) is 31.2 Å². The summed E-state index contributed by atoms with van der Waals surface area (Å²) in [6.07, 6.45) is 7.95. The number of aromatic amines is 1. The van der Waals surface area contributed by atoms with E-state index in [0.29, 0.717) is 5.70 Å². The summed E-state index contributed by atoms with van der Waals surface area (Å²) in [6, 6.07) is 1.20. The highest BCUT2D eigenvalue weighted by Crippen LogP contribution is 2.14. The van der Waals surface area contributed by atoms with E-state index in [1.807, 2.05) is 0 Å². The van der Waals surface area contributed by atoms with E-state index in [2.05, 4.69) is 16.9 Å². The summed E-state index contributed by atoms with van der Waals surface area (Å²) in [7, 11) is 0. The number of pyridine rings is 1. The Bertz CT molecular complexity index is 568. The van der Waals surface area contributed by atoms with Crippen LogP contribution in [0.15, 0.2) is 53.6 Å². The van der Waals surface area contributed by atoms with Gasteiger partial charge in [-0.3, -0.25) is 4.79 Å². The first kappa shape index (κ1) is 13.5. The zero-order valence-electron chi connectivity index (χ0n) is 9.93. The number of anilines is 1. The molecule has 0 saturated heterocycles. The van der Waals surface area contributed by atoms with E-state index >= 15 is 0 Å². The first-order valence-corrected chi connectivity index (χ1v) is 5.27. The van der Waals surface area contributed by atoms with Gasteiger partial charge in [-0.05, 0) is 13.0 Å². The maximum absolute atomic E-state index is 11.2. The highest BCUT2D eigenvalue weighted by molar-refractivity contribution is 5.94. The summed E-state index contributed by atoms with van der Waals surface area (Å²) >= 11 is 0. The Morgan fingerprint density at radius 2 is 2.28 bits per heavy atom. The number of nitrogens with one attached hydrogen (secondary N) is 2. The van der Waals surface area contributed by atoms with Crippen LogP contribution in [0.5, 0.6) is 0 Å². The molecule has 0 atom stereocenters. The molecule has 0 bridgehead atoms. The fourth-order valence-electron chi connectivity index (χ4n) is 1.29. The number of hydrogen-bond acceptors (Lipinski definition) is 3. The predicted octanol–water partition coefficient (Wildman–Crippen LogP) is 2.13. The number of hydrogen-bond donors (Lipinski definition) is 3. The first-order valence-electron chi connectivity index (χ1n) is 5.27. The second-order valence-corrected chi connectivity index (χ2v) is 3.39.